The lowest BCUT2D eigenvalue weighted by molar-refractivity contribution is 0.0953. The van der Waals surface area contributed by atoms with Crippen LogP contribution >= 0.6 is 11.5 Å². The molecular formula is C13H16N6OS. The number of nitrogens with zero attached hydrogens (tertiary/aromatic N) is 5. The molecule has 110 valence electrons. The van der Waals surface area contributed by atoms with Gasteiger partial charge in [0.25, 0.3) is 5.91 Å². The molecule has 3 rings (SSSR count). The first-order chi connectivity index (χ1) is 10.2. The first-order valence-corrected chi connectivity index (χ1v) is 7.65. The quantitative estimate of drug-likeness (QED) is 0.912. The summed E-state index contributed by atoms with van der Waals surface area (Å²) in [5, 5.41) is 6.64. The van der Waals surface area contributed by atoms with Gasteiger partial charge in [0.05, 0.1) is 12.2 Å². The Balaban J connectivity index is 1.64. The van der Waals surface area contributed by atoms with Gasteiger partial charge in [-0.2, -0.15) is 0 Å². The lowest BCUT2D eigenvalue weighted by atomic mass is 10.3. The largest absolute Gasteiger partial charge is 0.357 e. The molecule has 8 heteroatoms. The van der Waals surface area contributed by atoms with Crippen LogP contribution in [0, 0.1) is 6.92 Å². The Morgan fingerprint density at radius 2 is 2.24 bits per heavy atom. The molecule has 1 amide bonds. The second kappa shape index (κ2) is 6.13. The average molecular weight is 304 g/mol. The fourth-order valence-electron chi connectivity index (χ4n) is 2.28. The second-order valence-electron chi connectivity index (χ2n) is 4.90. The van der Waals surface area contributed by atoms with Crippen molar-refractivity contribution < 1.29 is 4.79 Å². The number of hydrogen-bond acceptors (Lipinski definition) is 7. The maximum Gasteiger partial charge on any atom is 0.265 e. The maximum absolute atomic E-state index is 12.0. The average Bonchev–Trinajstić information content (AvgIpc) is 3.16. The van der Waals surface area contributed by atoms with Crippen LogP contribution in [0.4, 0.5) is 5.82 Å². The van der Waals surface area contributed by atoms with Crippen LogP contribution in [-0.2, 0) is 6.54 Å². The number of hydrogen-bond donors (Lipinski definition) is 1. The van der Waals surface area contributed by atoms with Crippen LogP contribution in [0.25, 0.3) is 0 Å². The minimum atomic E-state index is -0.183. The van der Waals surface area contributed by atoms with E-state index < -0.39 is 0 Å². The molecular weight excluding hydrogens is 288 g/mol. The number of amides is 1. The van der Waals surface area contributed by atoms with E-state index >= 15 is 0 Å². The molecule has 1 aliphatic rings. The van der Waals surface area contributed by atoms with Crippen LogP contribution in [0.3, 0.4) is 0 Å². The van der Waals surface area contributed by atoms with Gasteiger partial charge in [-0.3, -0.25) is 4.79 Å². The highest BCUT2D eigenvalue weighted by Gasteiger charge is 2.15. The van der Waals surface area contributed by atoms with Gasteiger partial charge >= 0.3 is 0 Å². The van der Waals surface area contributed by atoms with Crippen molar-refractivity contribution in [2.45, 2.75) is 26.3 Å². The molecule has 0 aromatic carbocycles. The van der Waals surface area contributed by atoms with Gasteiger partial charge in [-0.15, -0.1) is 5.10 Å². The molecule has 0 radical (unpaired) electrons. The van der Waals surface area contributed by atoms with Crippen LogP contribution in [0.5, 0.6) is 0 Å². The molecule has 2 aromatic rings. The van der Waals surface area contributed by atoms with Crippen molar-refractivity contribution >= 4 is 23.3 Å². The normalized spacial score (nSPS) is 14.4. The molecule has 3 heterocycles. The van der Waals surface area contributed by atoms with Crippen molar-refractivity contribution in [1.29, 1.82) is 0 Å². The van der Waals surface area contributed by atoms with Gasteiger partial charge in [0.2, 0.25) is 0 Å². The number of aryl methyl sites for hydroxylation is 1. The van der Waals surface area contributed by atoms with E-state index in [9.17, 15) is 4.79 Å². The molecule has 1 aliphatic heterocycles. The Morgan fingerprint density at radius 3 is 2.95 bits per heavy atom. The lowest BCUT2D eigenvalue weighted by Gasteiger charge is -2.16. The zero-order chi connectivity index (χ0) is 14.7. The van der Waals surface area contributed by atoms with Gasteiger partial charge in [0, 0.05) is 19.3 Å². The highest BCUT2D eigenvalue weighted by Crippen LogP contribution is 2.17. The van der Waals surface area contributed by atoms with Gasteiger partial charge in [0.1, 0.15) is 16.5 Å². The highest BCUT2D eigenvalue weighted by molar-refractivity contribution is 7.07. The van der Waals surface area contributed by atoms with E-state index in [1.165, 1.54) is 12.8 Å². The number of carbonyl (C=O) groups is 1. The third kappa shape index (κ3) is 3.15. The monoisotopic (exact) mass is 304 g/mol. The Morgan fingerprint density at radius 1 is 1.43 bits per heavy atom. The zero-order valence-electron chi connectivity index (χ0n) is 11.7. The summed E-state index contributed by atoms with van der Waals surface area (Å²) < 4.78 is 3.76. The smallest absolute Gasteiger partial charge is 0.265 e. The third-order valence-corrected chi connectivity index (χ3v) is 4.21. The van der Waals surface area contributed by atoms with Gasteiger partial charge in [-0.25, -0.2) is 9.97 Å². The summed E-state index contributed by atoms with van der Waals surface area (Å²) in [6, 6.07) is 1.91. The number of rotatable bonds is 4. The molecule has 7 nitrogen and oxygen atoms in total. The number of nitrogens with one attached hydrogen (secondary N) is 1. The van der Waals surface area contributed by atoms with E-state index in [1.54, 1.807) is 13.1 Å². The molecule has 0 saturated carbocycles. The zero-order valence-corrected chi connectivity index (χ0v) is 12.6. The fraction of sp³-hybridized carbons (Fsp3) is 0.462. The minimum Gasteiger partial charge on any atom is -0.357 e. The summed E-state index contributed by atoms with van der Waals surface area (Å²) in [7, 11) is 0. The topological polar surface area (TPSA) is 83.9 Å². The van der Waals surface area contributed by atoms with Crippen LogP contribution in [-0.4, -0.2) is 38.6 Å². The number of carbonyl (C=O) groups excluding carboxylic acids is 1. The van der Waals surface area contributed by atoms with Crippen molar-refractivity contribution in [2.24, 2.45) is 0 Å². The molecule has 0 spiro atoms. The SMILES string of the molecule is Cc1nnsc1C(=O)NCc1nccc(N2CCCC2)n1. The van der Waals surface area contributed by atoms with Gasteiger partial charge < -0.3 is 10.2 Å². The molecule has 1 N–H and O–H groups in total. The molecule has 0 bridgehead atoms. The maximum atomic E-state index is 12.0. The van der Waals surface area contributed by atoms with E-state index in [-0.39, 0.29) is 5.91 Å². The first kappa shape index (κ1) is 13.9. The van der Waals surface area contributed by atoms with Crippen molar-refractivity contribution in [3.8, 4) is 0 Å². The molecule has 1 fully saturated rings. The summed E-state index contributed by atoms with van der Waals surface area (Å²) in [6.07, 6.45) is 4.14. The summed E-state index contributed by atoms with van der Waals surface area (Å²) >= 11 is 1.09. The van der Waals surface area contributed by atoms with Crippen LogP contribution in [0.1, 0.15) is 34.0 Å². The fourth-order valence-corrected chi connectivity index (χ4v) is 2.85. The van der Waals surface area contributed by atoms with Gasteiger partial charge in [0.15, 0.2) is 0 Å². The predicted molar refractivity (Wildman–Crippen MR) is 79.3 cm³/mol. The lowest BCUT2D eigenvalue weighted by Crippen LogP contribution is -2.25. The minimum absolute atomic E-state index is 0.183. The summed E-state index contributed by atoms with van der Waals surface area (Å²) in [4.78, 5) is 23.5. The highest BCUT2D eigenvalue weighted by atomic mass is 32.1. The van der Waals surface area contributed by atoms with Crippen LogP contribution in [0.2, 0.25) is 0 Å². The molecule has 21 heavy (non-hydrogen) atoms. The predicted octanol–water partition coefficient (Wildman–Crippen LogP) is 1.17. The Labute approximate surface area is 126 Å². The number of anilines is 1. The third-order valence-electron chi connectivity index (χ3n) is 3.39. The van der Waals surface area contributed by atoms with Crippen molar-refractivity contribution in [3.63, 3.8) is 0 Å². The molecule has 0 unspecified atom stereocenters. The van der Waals surface area contributed by atoms with E-state index in [2.05, 4.69) is 29.8 Å². The van der Waals surface area contributed by atoms with Gasteiger partial charge in [-0.05, 0) is 37.4 Å². The Bertz CT molecular complexity index is 637. The first-order valence-electron chi connectivity index (χ1n) is 6.88. The number of aromatic nitrogens is 4. The second-order valence-corrected chi connectivity index (χ2v) is 5.65. The molecule has 0 atom stereocenters. The van der Waals surface area contributed by atoms with E-state index in [4.69, 9.17) is 0 Å². The van der Waals surface area contributed by atoms with E-state index in [0.717, 1.165) is 30.4 Å². The molecule has 1 saturated heterocycles. The summed E-state index contributed by atoms with van der Waals surface area (Å²) in [5.41, 5.74) is 0.643. The standard InChI is InChI=1S/C13H16N6OS/c1-9-12(21-18-17-9)13(20)15-8-10-14-5-4-11(16-10)19-6-2-3-7-19/h4-5H,2-3,6-8H2,1H3,(H,15,20). The molecule has 2 aromatic heterocycles. The van der Waals surface area contributed by atoms with Crippen molar-refractivity contribution in [2.75, 3.05) is 18.0 Å². The summed E-state index contributed by atoms with van der Waals surface area (Å²) in [6.45, 7) is 4.14. The van der Waals surface area contributed by atoms with Gasteiger partial charge in [-0.1, -0.05) is 4.49 Å². The van der Waals surface area contributed by atoms with Crippen LogP contribution in [0.15, 0.2) is 12.3 Å². The summed E-state index contributed by atoms with van der Waals surface area (Å²) in [5.74, 6) is 1.36. The Kier molecular flexibility index (Phi) is 4.05. The molecule has 0 aliphatic carbocycles. The van der Waals surface area contributed by atoms with Crippen molar-refractivity contribution in [1.82, 2.24) is 24.9 Å². The van der Waals surface area contributed by atoms with Crippen LogP contribution < -0.4 is 10.2 Å². The Hall–Kier alpha value is -2.09. The van der Waals surface area contributed by atoms with E-state index in [0.29, 0.717) is 22.9 Å². The van der Waals surface area contributed by atoms with E-state index in [1.807, 2.05) is 6.07 Å². The van der Waals surface area contributed by atoms with Crippen molar-refractivity contribution in [3.05, 3.63) is 28.7 Å².